The maximum Gasteiger partial charge on any atom is 0 e. The van der Waals surface area contributed by atoms with Crippen LogP contribution in [0.1, 0.15) is 19.3 Å². The van der Waals surface area contributed by atoms with Crippen LogP contribution in [0.2, 0.25) is 0 Å². The average molecular weight is 180 g/mol. The van der Waals surface area contributed by atoms with Crippen molar-refractivity contribution in [3.63, 3.8) is 0 Å². The SMILES string of the molecule is NCCCC[CH-]Cl.[Co]. The van der Waals surface area contributed by atoms with Crippen molar-refractivity contribution in [2.75, 3.05) is 6.54 Å². The van der Waals surface area contributed by atoms with Gasteiger partial charge in [0.25, 0.3) is 0 Å². The molecule has 0 saturated carbocycles. The fraction of sp³-hybridized carbons (Fsp3) is 0.800. The third-order valence-electron chi connectivity index (χ3n) is 0.767. The van der Waals surface area contributed by atoms with Gasteiger partial charge in [0.1, 0.15) is 0 Å². The van der Waals surface area contributed by atoms with Gasteiger partial charge in [0.05, 0.1) is 0 Å². The molecule has 0 aliphatic carbocycles. The smallest absolute Gasteiger partial charge is 0 e. The van der Waals surface area contributed by atoms with Crippen LogP contribution in [0.3, 0.4) is 0 Å². The molecule has 0 saturated heterocycles. The number of hydrogen-bond acceptors (Lipinski definition) is 1. The van der Waals surface area contributed by atoms with Gasteiger partial charge in [-0.2, -0.15) is 6.42 Å². The molecule has 0 amide bonds. The molecule has 0 fully saturated rings. The van der Waals surface area contributed by atoms with Gasteiger partial charge in [-0.15, -0.1) is 0 Å². The summed E-state index contributed by atoms with van der Waals surface area (Å²) in [4.78, 5) is 0. The topological polar surface area (TPSA) is 26.0 Å². The Bertz CT molecular complexity index is 31.6. The van der Waals surface area contributed by atoms with Gasteiger partial charge >= 0.3 is 0 Å². The molecular weight excluding hydrogens is 168 g/mol. The van der Waals surface area contributed by atoms with E-state index in [4.69, 9.17) is 17.3 Å². The minimum Gasteiger partial charge on any atom is -0.349 e. The van der Waals surface area contributed by atoms with E-state index in [1.54, 1.807) is 5.88 Å². The van der Waals surface area contributed by atoms with Crippen LogP contribution < -0.4 is 5.73 Å². The molecule has 1 radical (unpaired) electrons. The second-order valence-corrected chi connectivity index (χ2v) is 1.75. The first-order valence-electron chi connectivity index (χ1n) is 2.53. The van der Waals surface area contributed by atoms with Crippen molar-refractivity contribution < 1.29 is 16.8 Å². The molecule has 0 atom stereocenters. The fourth-order valence-electron chi connectivity index (χ4n) is 0.366. The first-order valence-corrected chi connectivity index (χ1v) is 2.97. The Kier molecular flexibility index (Phi) is 15.4. The van der Waals surface area contributed by atoms with Crippen molar-refractivity contribution in [2.45, 2.75) is 19.3 Å². The van der Waals surface area contributed by atoms with Gasteiger partial charge in [-0.3, -0.25) is 0 Å². The fourth-order valence-corrected chi connectivity index (χ4v) is 0.520. The van der Waals surface area contributed by atoms with Gasteiger partial charge in [0, 0.05) is 16.8 Å². The Labute approximate surface area is 66.2 Å². The molecule has 0 aromatic rings. The molecule has 0 spiro atoms. The van der Waals surface area contributed by atoms with Crippen LogP contribution >= 0.6 is 11.6 Å². The Balaban J connectivity index is 0. The van der Waals surface area contributed by atoms with E-state index in [0.29, 0.717) is 0 Å². The van der Waals surface area contributed by atoms with Crippen molar-refractivity contribution >= 4 is 11.6 Å². The van der Waals surface area contributed by atoms with E-state index >= 15 is 0 Å². The maximum absolute atomic E-state index is 5.27. The van der Waals surface area contributed by atoms with Gasteiger partial charge in [0.2, 0.25) is 0 Å². The third-order valence-corrected chi connectivity index (χ3v) is 0.986. The average Bonchev–Trinajstić information content (AvgIpc) is 1.69. The van der Waals surface area contributed by atoms with Crippen molar-refractivity contribution in [1.82, 2.24) is 0 Å². The second kappa shape index (κ2) is 10.7. The van der Waals surface area contributed by atoms with E-state index in [9.17, 15) is 0 Å². The molecule has 1 nitrogen and oxygen atoms in total. The summed E-state index contributed by atoms with van der Waals surface area (Å²) in [6.07, 6.45) is 3.20. The van der Waals surface area contributed by atoms with E-state index in [0.717, 1.165) is 25.8 Å². The summed E-state index contributed by atoms with van der Waals surface area (Å²) in [5.41, 5.74) is 5.21. The van der Waals surface area contributed by atoms with E-state index < -0.39 is 0 Å². The molecule has 0 unspecified atom stereocenters. The zero-order valence-electron chi connectivity index (χ0n) is 4.69. The van der Waals surface area contributed by atoms with Crippen LogP contribution in [0, 0.1) is 5.88 Å². The van der Waals surface area contributed by atoms with Gasteiger partial charge in [-0.1, -0.05) is 6.42 Å². The quantitative estimate of drug-likeness (QED) is 0.514. The van der Waals surface area contributed by atoms with Crippen molar-refractivity contribution in [2.24, 2.45) is 5.73 Å². The number of rotatable bonds is 4. The number of halogens is 1. The van der Waals surface area contributed by atoms with Crippen LogP contribution in [0.15, 0.2) is 0 Å². The van der Waals surface area contributed by atoms with Gasteiger partial charge in [0.15, 0.2) is 0 Å². The van der Waals surface area contributed by atoms with E-state index in [1.165, 1.54) is 0 Å². The molecule has 2 N–H and O–H groups in total. The minimum absolute atomic E-state index is 0. The Hall–Kier alpha value is 0.756. The first kappa shape index (κ1) is 11.5. The predicted octanol–water partition coefficient (Wildman–Crippen LogP) is 1.51. The maximum atomic E-state index is 5.27. The zero-order valence-corrected chi connectivity index (χ0v) is 6.49. The predicted molar refractivity (Wildman–Crippen MR) is 33.1 cm³/mol. The van der Waals surface area contributed by atoms with Crippen LogP contribution in [0.4, 0.5) is 0 Å². The van der Waals surface area contributed by atoms with E-state index in [2.05, 4.69) is 0 Å². The molecule has 0 bridgehead atoms. The molecule has 3 heteroatoms. The zero-order chi connectivity index (χ0) is 5.54. The molecular formula is C5H11ClCoN-. The monoisotopic (exact) mass is 179 g/mol. The van der Waals surface area contributed by atoms with Crippen molar-refractivity contribution in [1.29, 1.82) is 0 Å². The van der Waals surface area contributed by atoms with Crippen LogP contribution in [0.5, 0.6) is 0 Å². The molecule has 8 heavy (non-hydrogen) atoms. The standard InChI is InChI=1S/C5H11ClN.Co/c6-4-2-1-3-5-7;/h4H,1-3,5,7H2;/q-1;. The Morgan fingerprint density at radius 2 is 2.00 bits per heavy atom. The van der Waals surface area contributed by atoms with E-state index in [-0.39, 0.29) is 16.8 Å². The summed E-state index contributed by atoms with van der Waals surface area (Å²) >= 11 is 5.27. The normalized spacial score (nSPS) is 8.25. The number of unbranched alkanes of at least 4 members (excludes halogenated alkanes) is 2. The summed E-state index contributed by atoms with van der Waals surface area (Å²) < 4.78 is 0. The Morgan fingerprint density at radius 1 is 1.38 bits per heavy atom. The summed E-state index contributed by atoms with van der Waals surface area (Å²) in [5.74, 6) is 1.65. The third kappa shape index (κ3) is 9.90. The molecule has 0 aliphatic heterocycles. The largest absolute Gasteiger partial charge is 0.349 e. The van der Waals surface area contributed by atoms with Crippen LogP contribution in [-0.2, 0) is 16.8 Å². The minimum atomic E-state index is 0. The summed E-state index contributed by atoms with van der Waals surface area (Å²) in [6, 6.07) is 0. The second-order valence-electron chi connectivity index (χ2n) is 1.44. The van der Waals surface area contributed by atoms with Crippen LogP contribution in [0.25, 0.3) is 0 Å². The Morgan fingerprint density at radius 3 is 2.38 bits per heavy atom. The van der Waals surface area contributed by atoms with Crippen LogP contribution in [-0.4, -0.2) is 6.54 Å². The summed E-state index contributed by atoms with van der Waals surface area (Å²) in [6.45, 7) is 0.782. The number of nitrogens with two attached hydrogens (primary N) is 1. The van der Waals surface area contributed by atoms with Crippen molar-refractivity contribution in [3.05, 3.63) is 5.88 Å². The van der Waals surface area contributed by atoms with Gasteiger partial charge in [-0.25, -0.2) is 5.88 Å². The molecule has 0 aromatic carbocycles. The molecule has 0 heterocycles. The molecule has 53 valence electrons. The first-order chi connectivity index (χ1) is 3.41. The molecule has 0 rings (SSSR count). The van der Waals surface area contributed by atoms with E-state index in [1.807, 2.05) is 0 Å². The molecule has 0 aliphatic rings. The van der Waals surface area contributed by atoms with Crippen molar-refractivity contribution in [3.8, 4) is 0 Å². The number of hydrogen-bond donors (Lipinski definition) is 1. The summed E-state index contributed by atoms with van der Waals surface area (Å²) in [5, 5.41) is 0. The summed E-state index contributed by atoms with van der Waals surface area (Å²) in [7, 11) is 0. The van der Waals surface area contributed by atoms with Gasteiger partial charge in [-0.05, 0) is 13.0 Å². The van der Waals surface area contributed by atoms with Gasteiger partial charge < -0.3 is 17.3 Å². The molecule has 0 aromatic heterocycles.